The molecule has 1 aliphatic heterocycles. The van der Waals surface area contributed by atoms with Crippen LogP contribution in [0.1, 0.15) is 29.6 Å². The fourth-order valence-corrected chi connectivity index (χ4v) is 3.04. The summed E-state index contributed by atoms with van der Waals surface area (Å²) in [7, 11) is 3.99. The minimum Gasteiger partial charge on any atom is -0.396 e. The molecule has 0 spiro atoms. The van der Waals surface area contributed by atoms with Crippen LogP contribution >= 0.6 is 0 Å². The molecule has 2 aromatic rings. The Morgan fingerprint density at radius 2 is 2.24 bits per heavy atom. The Balaban J connectivity index is 1.64. The van der Waals surface area contributed by atoms with Gasteiger partial charge < -0.3 is 9.67 Å². The zero-order valence-corrected chi connectivity index (χ0v) is 12.7. The van der Waals surface area contributed by atoms with Gasteiger partial charge in [-0.2, -0.15) is 5.10 Å². The molecule has 114 valence electrons. The molecule has 3 heterocycles. The van der Waals surface area contributed by atoms with Crippen LogP contribution in [0.3, 0.4) is 0 Å². The molecule has 0 aliphatic carbocycles. The van der Waals surface area contributed by atoms with E-state index >= 15 is 0 Å². The third-order valence-corrected chi connectivity index (χ3v) is 4.34. The highest BCUT2D eigenvalue weighted by Crippen LogP contribution is 2.27. The van der Waals surface area contributed by atoms with Crippen LogP contribution in [0.5, 0.6) is 0 Å². The number of aliphatic hydroxyl groups excluding tert-OH is 1. The van der Waals surface area contributed by atoms with Crippen LogP contribution in [-0.2, 0) is 27.1 Å². The topological polar surface area (TPSA) is 59.1 Å². The van der Waals surface area contributed by atoms with Crippen molar-refractivity contribution in [2.24, 2.45) is 14.1 Å². The number of hydrogen-bond donors (Lipinski definition) is 1. The monoisotopic (exact) mass is 289 g/mol. The van der Waals surface area contributed by atoms with E-state index in [-0.39, 0.29) is 6.61 Å². The van der Waals surface area contributed by atoms with Crippen molar-refractivity contribution >= 4 is 0 Å². The summed E-state index contributed by atoms with van der Waals surface area (Å²) in [6, 6.07) is 2.14. The van der Waals surface area contributed by atoms with Gasteiger partial charge in [-0.1, -0.05) is 0 Å². The van der Waals surface area contributed by atoms with E-state index < -0.39 is 0 Å². The zero-order chi connectivity index (χ0) is 14.8. The summed E-state index contributed by atoms with van der Waals surface area (Å²) in [6.45, 7) is 3.19. The molecule has 21 heavy (non-hydrogen) atoms. The van der Waals surface area contributed by atoms with Crippen LogP contribution < -0.4 is 0 Å². The maximum absolute atomic E-state index is 9.07. The van der Waals surface area contributed by atoms with Gasteiger partial charge in [0.1, 0.15) is 5.82 Å². The van der Waals surface area contributed by atoms with E-state index in [1.807, 2.05) is 31.2 Å². The molecule has 2 aromatic heterocycles. The summed E-state index contributed by atoms with van der Waals surface area (Å²) in [5, 5.41) is 13.7. The highest BCUT2D eigenvalue weighted by atomic mass is 16.3. The van der Waals surface area contributed by atoms with Crippen LogP contribution in [0, 0.1) is 0 Å². The van der Waals surface area contributed by atoms with Crippen LogP contribution in [0.15, 0.2) is 18.5 Å². The first-order valence-electron chi connectivity index (χ1n) is 7.49. The van der Waals surface area contributed by atoms with Crippen LogP contribution in [0.4, 0.5) is 0 Å². The predicted octanol–water partition coefficient (Wildman–Crippen LogP) is 0.678. The van der Waals surface area contributed by atoms with Crippen molar-refractivity contribution < 1.29 is 5.11 Å². The number of hydrogen-bond acceptors (Lipinski definition) is 4. The van der Waals surface area contributed by atoms with Crippen molar-refractivity contribution in [1.29, 1.82) is 0 Å². The van der Waals surface area contributed by atoms with Gasteiger partial charge in [0.2, 0.25) is 0 Å². The van der Waals surface area contributed by atoms with Gasteiger partial charge >= 0.3 is 0 Å². The Hall–Kier alpha value is -1.66. The van der Waals surface area contributed by atoms with Gasteiger partial charge in [0.05, 0.1) is 12.2 Å². The average Bonchev–Trinajstić information content (AvgIpc) is 3.15. The molecule has 0 bridgehead atoms. The second-order valence-corrected chi connectivity index (χ2v) is 5.83. The van der Waals surface area contributed by atoms with Gasteiger partial charge in [0, 0.05) is 57.7 Å². The van der Waals surface area contributed by atoms with Gasteiger partial charge in [-0.05, 0) is 19.0 Å². The Kier molecular flexibility index (Phi) is 4.07. The van der Waals surface area contributed by atoms with Crippen LogP contribution in [0.2, 0.25) is 0 Å². The van der Waals surface area contributed by atoms with E-state index in [1.54, 1.807) is 0 Å². The first-order valence-corrected chi connectivity index (χ1v) is 7.49. The number of aryl methyl sites for hydroxylation is 2. The molecule has 1 aliphatic rings. The largest absolute Gasteiger partial charge is 0.396 e. The van der Waals surface area contributed by atoms with Crippen molar-refractivity contribution in [3.8, 4) is 0 Å². The molecule has 3 rings (SSSR count). The van der Waals surface area contributed by atoms with E-state index in [1.165, 1.54) is 0 Å². The highest BCUT2D eigenvalue weighted by molar-refractivity contribution is 5.16. The fourth-order valence-electron chi connectivity index (χ4n) is 3.04. The summed E-state index contributed by atoms with van der Waals surface area (Å²) in [6.07, 6.45) is 5.65. The maximum Gasteiger partial charge on any atom is 0.122 e. The summed E-state index contributed by atoms with van der Waals surface area (Å²) in [4.78, 5) is 6.83. The van der Waals surface area contributed by atoms with Gasteiger partial charge in [0.15, 0.2) is 0 Å². The lowest BCUT2D eigenvalue weighted by atomic mass is 10.0. The second-order valence-electron chi connectivity index (χ2n) is 5.83. The van der Waals surface area contributed by atoms with E-state index in [0.29, 0.717) is 12.3 Å². The normalized spacial score (nSPS) is 19.5. The van der Waals surface area contributed by atoms with E-state index in [0.717, 1.165) is 43.3 Å². The van der Waals surface area contributed by atoms with Crippen molar-refractivity contribution in [3.05, 3.63) is 35.7 Å². The molecule has 6 nitrogen and oxygen atoms in total. The summed E-state index contributed by atoms with van der Waals surface area (Å²) in [5.41, 5.74) is 2.26. The first kappa shape index (κ1) is 14.3. The smallest absolute Gasteiger partial charge is 0.122 e. The third kappa shape index (κ3) is 3.01. The summed E-state index contributed by atoms with van der Waals surface area (Å²) < 4.78 is 3.97. The lowest BCUT2D eigenvalue weighted by Gasteiger charge is -2.15. The quantitative estimate of drug-likeness (QED) is 0.879. The SMILES string of the molecule is Cn1ccnc1CN1CCC(c2cc(CCO)n(C)n2)C1. The minimum atomic E-state index is 0.176. The third-order valence-electron chi connectivity index (χ3n) is 4.34. The standard InChI is InChI=1S/C15H23N5O/c1-18-7-5-16-15(18)11-20-6-3-12(10-20)14-9-13(4-8-21)19(2)17-14/h5,7,9,12,21H,3-4,6,8,10-11H2,1-2H3. The molecular weight excluding hydrogens is 266 g/mol. The van der Waals surface area contributed by atoms with Crippen molar-refractivity contribution in [1.82, 2.24) is 24.2 Å². The second kappa shape index (κ2) is 5.99. The Morgan fingerprint density at radius 1 is 1.38 bits per heavy atom. The molecule has 1 saturated heterocycles. The number of nitrogens with zero attached hydrogens (tertiary/aromatic N) is 5. The number of rotatable bonds is 5. The minimum absolute atomic E-state index is 0.176. The first-order chi connectivity index (χ1) is 10.2. The van der Waals surface area contributed by atoms with E-state index in [2.05, 4.69) is 25.6 Å². The van der Waals surface area contributed by atoms with Crippen LogP contribution in [0.25, 0.3) is 0 Å². The van der Waals surface area contributed by atoms with Gasteiger partial charge in [-0.15, -0.1) is 0 Å². The molecule has 0 aromatic carbocycles. The highest BCUT2D eigenvalue weighted by Gasteiger charge is 2.26. The van der Waals surface area contributed by atoms with Crippen molar-refractivity contribution in [2.75, 3.05) is 19.7 Å². The fraction of sp³-hybridized carbons (Fsp3) is 0.600. The van der Waals surface area contributed by atoms with E-state index in [9.17, 15) is 0 Å². The molecule has 0 radical (unpaired) electrons. The van der Waals surface area contributed by atoms with Crippen molar-refractivity contribution in [3.63, 3.8) is 0 Å². The maximum atomic E-state index is 9.07. The van der Waals surface area contributed by atoms with Gasteiger partial charge in [-0.25, -0.2) is 4.98 Å². The number of aliphatic hydroxyl groups is 1. The molecule has 1 unspecified atom stereocenters. The Labute approximate surface area is 125 Å². The van der Waals surface area contributed by atoms with Crippen molar-refractivity contribution in [2.45, 2.75) is 25.3 Å². The molecule has 0 amide bonds. The Bertz CT molecular complexity index is 603. The summed E-state index contributed by atoms with van der Waals surface area (Å²) in [5.74, 6) is 1.60. The zero-order valence-electron chi connectivity index (χ0n) is 12.7. The lowest BCUT2D eigenvalue weighted by Crippen LogP contribution is -2.21. The molecule has 1 N–H and O–H groups in total. The number of imidazole rings is 1. The summed E-state index contributed by atoms with van der Waals surface area (Å²) >= 11 is 0. The molecule has 0 saturated carbocycles. The molecular formula is C15H23N5O. The Morgan fingerprint density at radius 3 is 2.95 bits per heavy atom. The van der Waals surface area contributed by atoms with Gasteiger partial charge in [0.25, 0.3) is 0 Å². The average molecular weight is 289 g/mol. The van der Waals surface area contributed by atoms with Gasteiger partial charge in [-0.3, -0.25) is 9.58 Å². The lowest BCUT2D eigenvalue weighted by molar-refractivity contribution is 0.296. The molecule has 1 atom stereocenters. The van der Waals surface area contributed by atoms with Crippen LogP contribution in [-0.4, -0.2) is 49.0 Å². The number of likely N-dealkylation sites (tertiary alicyclic amines) is 1. The molecule has 1 fully saturated rings. The molecule has 6 heteroatoms. The number of aromatic nitrogens is 4. The van der Waals surface area contributed by atoms with E-state index in [4.69, 9.17) is 5.11 Å². The predicted molar refractivity (Wildman–Crippen MR) is 79.8 cm³/mol.